The molecule has 0 aliphatic heterocycles. The Kier molecular flexibility index (Phi) is 5.22. The van der Waals surface area contributed by atoms with E-state index in [0.717, 1.165) is 5.56 Å². The van der Waals surface area contributed by atoms with E-state index in [0.29, 0.717) is 5.56 Å². The van der Waals surface area contributed by atoms with Gasteiger partial charge in [-0.1, -0.05) is 24.3 Å². The fourth-order valence-corrected chi connectivity index (χ4v) is 2.17. The molecule has 1 unspecified atom stereocenters. The Morgan fingerprint density at radius 1 is 1.23 bits per heavy atom. The number of aliphatic carboxylic acids is 1. The van der Waals surface area contributed by atoms with Crippen LogP contribution in [0.4, 0.5) is 13.2 Å². The third kappa shape index (κ3) is 4.47. The lowest BCUT2D eigenvalue weighted by Crippen LogP contribution is -2.50. The van der Waals surface area contributed by atoms with Gasteiger partial charge in [0.1, 0.15) is 6.04 Å². The summed E-state index contributed by atoms with van der Waals surface area (Å²) in [6, 6.07) is 4.94. The van der Waals surface area contributed by atoms with E-state index in [1.165, 1.54) is 13.8 Å². The van der Waals surface area contributed by atoms with Gasteiger partial charge in [-0.2, -0.15) is 13.2 Å². The maximum Gasteiger partial charge on any atom is 0.391 e. The van der Waals surface area contributed by atoms with E-state index in [9.17, 15) is 22.8 Å². The van der Waals surface area contributed by atoms with Crippen molar-refractivity contribution < 1.29 is 27.9 Å². The van der Waals surface area contributed by atoms with Gasteiger partial charge in [0, 0.05) is 0 Å². The second-order valence-corrected chi connectivity index (χ2v) is 5.62. The molecule has 0 radical (unpaired) electrons. The minimum absolute atomic E-state index is 0.628. The molecule has 22 heavy (non-hydrogen) atoms. The van der Waals surface area contributed by atoms with Crippen LogP contribution in [0, 0.1) is 6.92 Å². The highest BCUT2D eigenvalue weighted by atomic mass is 19.4. The first-order valence-corrected chi connectivity index (χ1v) is 6.62. The molecular weight excluding hydrogens is 299 g/mol. The summed E-state index contributed by atoms with van der Waals surface area (Å²) in [6.07, 6.45) is -6.29. The molecule has 2 N–H and O–H groups in total. The summed E-state index contributed by atoms with van der Waals surface area (Å²) in [6.45, 7) is 4.85. The van der Waals surface area contributed by atoms with Gasteiger partial charge in [0.05, 0.1) is 11.8 Å². The van der Waals surface area contributed by atoms with Crippen LogP contribution in [-0.4, -0.2) is 29.2 Å². The van der Waals surface area contributed by atoms with Gasteiger partial charge >= 0.3 is 12.1 Å². The molecule has 4 nitrogen and oxygen atoms in total. The fourth-order valence-electron chi connectivity index (χ4n) is 2.17. The lowest BCUT2D eigenvalue weighted by atomic mass is 9.81. The molecule has 1 amide bonds. The zero-order valence-electron chi connectivity index (χ0n) is 12.5. The molecule has 0 heterocycles. The van der Waals surface area contributed by atoms with Crippen molar-refractivity contribution in [1.82, 2.24) is 5.32 Å². The van der Waals surface area contributed by atoms with E-state index in [4.69, 9.17) is 5.11 Å². The van der Waals surface area contributed by atoms with Gasteiger partial charge in [-0.3, -0.25) is 4.79 Å². The molecule has 0 saturated carbocycles. The SMILES string of the molecule is Cc1ccccc1C(C)(C)C(=O)NC(CC(F)(F)F)C(=O)O. The number of carbonyl (C=O) groups excluding carboxylic acids is 1. The summed E-state index contributed by atoms with van der Waals surface area (Å²) < 4.78 is 37.2. The van der Waals surface area contributed by atoms with Crippen LogP contribution in [0.25, 0.3) is 0 Å². The molecule has 0 spiro atoms. The smallest absolute Gasteiger partial charge is 0.391 e. The van der Waals surface area contributed by atoms with Crippen LogP contribution < -0.4 is 5.32 Å². The third-order valence-corrected chi connectivity index (χ3v) is 3.43. The topological polar surface area (TPSA) is 66.4 Å². The lowest BCUT2D eigenvalue weighted by Gasteiger charge is -2.28. The molecule has 0 saturated heterocycles. The maximum atomic E-state index is 12.4. The number of hydrogen-bond donors (Lipinski definition) is 2. The molecule has 0 aliphatic carbocycles. The van der Waals surface area contributed by atoms with Gasteiger partial charge in [0.15, 0.2) is 0 Å². The number of alkyl halides is 3. The van der Waals surface area contributed by atoms with E-state index in [1.807, 2.05) is 5.32 Å². The van der Waals surface area contributed by atoms with Crippen LogP contribution in [0.2, 0.25) is 0 Å². The number of benzene rings is 1. The van der Waals surface area contributed by atoms with E-state index >= 15 is 0 Å². The maximum absolute atomic E-state index is 12.4. The number of aryl methyl sites for hydroxylation is 1. The second kappa shape index (κ2) is 6.37. The molecular formula is C15H18F3NO3. The predicted octanol–water partition coefficient (Wildman–Crippen LogP) is 2.79. The molecule has 1 atom stereocenters. The first kappa shape index (κ1) is 18.0. The summed E-state index contributed by atoms with van der Waals surface area (Å²) in [5.74, 6) is -2.48. The number of amides is 1. The third-order valence-electron chi connectivity index (χ3n) is 3.43. The standard InChI is InChI=1S/C15H18F3NO3/c1-9-6-4-5-7-10(9)14(2,3)13(22)19-11(12(20)21)8-15(16,17)18/h4-7,11H,8H2,1-3H3,(H,19,22)(H,20,21). The summed E-state index contributed by atoms with van der Waals surface area (Å²) in [4.78, 5) is 23.2. The van der Waals surface area contributed by atoms with Crippen molar-refractivity contribution in [2.24, 2.45) is 0 Å². The summed E-state index contributed by atoms with van der Waals surface area (Å²) in [7, 11) is 0. The number of halogens is 3. The number of carbonyl (C=O) groups is 2. The van der Waals surface area contributed by atoms with Gasteiger partial charge in [-0.25, -0.2) is 4.79 Å². The molecule has 0 fully saturated rings. The van der Waals surface area contributed by atoms with Gasteiger partial charge in [0.25, 0.3) is 0 Å². The Morgan fingerprint density at radius 2 is 1.77 bits per heavy atom. The first-order valence-electron chi connectivity index (χ1n) is 6.62. The molecule has 7 heteroatoms. The summed E-state index contributed by atoms with van der Waals surface area (Å²) >= 11 is 0. The van der Waals surface area contributed by atoms with Crippen LogP contribution in [0.5, 0.6) is 0 Å². The average Bonchev–Trinajstić information content (AvgIpc) is 2.36. The minimum Gasteiger partial charge on any atom is -0.480 e. The zero-order valence-corrected chi connectivity index (χ0v) is 12.5. The van der Waals surface area contributed by atoms with Crippen LogP contribution >= 0.6 is 0 Å². The Bertz CT molecular complexity index is 567. The number of nitrogens with one attached hydrogen (secondary N) is 1. The van der Waals surface area contributed by atoms with E-state index in [2.05, 4.69) is 0 Å². The van der Waals surface area contributed by atoms with E-state index in [-0.39, 0.29) is 0 Å². The molecule has 0 aliphatic rings. The van der Waals surface area contributed by atoms with Crippen molar-refractivity contribution >= 4 is 11.9 Å². The number of rotatable bonds is 5. The normalized spacial score (nSPS) is 13.5. The van der Waals surface area contributed by atoms with Crippen LogP contribution in [0.1, 0.15) is 31.4 Å². The molecule has 1 aromatic carbocycles. The monoisotopic (exact) mass is 317 g/mol. The second-order valence-electron chi connectivity index (χ2n) is 5.62. The van der Waals surface area contributed by atoms with Crippen molar-refractivity contribution in [3.63, 3.8) is 0 Å². The Labute approximate surface area is 126 Å². The van der Waals surface area contributed by atoms with Gasteiger partial charge in [-0.05, 0) is 31.9 Å². The predicted molar refractivity (Wildman–Crippen MR) is 74.4 cm³/mol. The quantitative estimate of drug-likeness (QED) is 0.877. The lowest BCUT2D eigenvalue weighted by molar-refractivity contribution is -0.160. The van der Waals surface area contributed by atoms with Crippen LogP contribution in [-0.2, 0) is 15.0 Å². The highest BCUT2D eigenvalue weighted by Crippen LogP contribution is 2.27. The average molecular weight is 317 g/mol. The van der Waals surface area contributed by atoms with Crippen molar-refractivity contribution in [2.75, 3.05) is 0 Å². The Hall–Kier alpha value is -2.05. The number of carboxylic acid groups (broad SMARTS) is 1. The fraction of sp³-hybridized carbons (Fsp3) is 0.467. The Morgan fingerprint density at radius 3 is 2.23 bits per heavy atom. The minimum atomic E-state index is -4.68. The first-order chi connectivity index (χ1) is 9.95. The number of hydrogen-bond acceptors (Lipinski definition) is 2. The van der Waals surface area contributed by atoms with E-state index in [1.54, 1.807) is 31.2 Å². The Balaban J connectivity index is 2.98. The highest BCUT2D eigenvalue weighted by Gasteiger charge is 2.39. The van der Waals surface area contributed by atoms with Crippen LogP contribution in [0.15, 0.2) is 24.3 Å². The van der Waals surface area contributed by atoms with Crippen LogP contribution in [0.3, 0.4) is 0 Å². The van der Waals surface area contributed by atoms with E-state index < -0.39 is 35.9 Å². The molecule has 1 aromatic rings. The zero-order chi connectivity index (χ0) is 17.1. The van der Waals surface area contributed by atoms with Gasteiger partial charge in [0.2, 0.25) is 5.91 Å². The van der Waals surface area contributed by atoms with Gasteiger partial charge < -0.3 is 10.4 Å². The molecule has 0 aromatic heterocycles. The molecule has 122 valence electrons. The molecule has 1 rings (SSSR count). The van der Waals surface area contributed by atoms with Crippen molar-refractivity contribution in [2.45, 2.75) is 44.8 Å². The van der Waals surface area contributed by atoms with Crippen molar-refractivity contribution in [1.29, 1.82) is 0 Å². The summed E-state index contributed by atoms with van der Waals surface area (Å²) in [5.41, 5.74) is 0.277. The van der Waals surface area contributed by atoms with Crippen molar-refractivity contribution in [3.8, 4) is 0 Å². The van der Waals surface area contributed by atoms with Gasteiger partial charge in [-0.15, -0.1) is 0 Å². The summed E-state index contributed by atoms with van der Waals surface area (Å²) in [5, 5.41) is 10.8. The number of carboxylic acids is 1. The highest BCUT2D eigenvalue weighted by molar-refractivity contribution is 5.91. The molecule has 0 bridgehead atoms. The largest absolute Gasteiger partial charge is 0.480 e. The van der Waals surface area contributed by atoms with Crippen molar-refractivity contribution in [3.05, 3.63) is 35.4 Å².